The molecule has 2 nitrogen and oxygen atoms in total. The Hall–Kier alpha value is -1.02. The monoisotopic (exact) mass is 290 g/mol. The zero-order valence-electron chi connectivity index (χ0n) is 15.2. The molecule has 0 aliphatic carbocycles. The summed E-state index contributed by atoms with van der Waals surface area (Å²) in [4.78, 5) is 2.51. The Balaban J connectivity index is 2.90. The Morgan fingerprint density at radius 2 is 1.71 bits per heavy atom. The average Bonchev–Trinajstić information content (AvgIpc) is 2.33. The van der Waals surface area contributed by atoms with Crippen molar-refractivity contribution in [3.63, 3.8) is 0 Å². The van der Waals surface area contributed by atoms with Gasteiger partial charge in [-0.15, -0.1) is 0 Å². The molecule has 0 saturated heterocycles. The lowest BCUT2D eigenvalue weighted by Gasteiger charge is -2.32. The Labute approximate surface area is 131 Å². The van der Waals surface area contributed by atoms with Gasteiger partial charge in [-0.05, 0) is 64.7 Å². The molecule has 0 amide bonds. The lowest BCUT2D eigenvalue weighted by atomic mass is 10.0. The molecular weight excluding hydrogens is 256 g/mol. The summed E-state index contributed by atoms with van der Waals surface area (Å²) < 4.78 is 0. The highest BCUT2D eigenvalue weighted by Crippen LogP contribution is 2.24. The van der Waals surface area contributed by atoms with Gasteiger partial charge >= 0.3 is 0 Å². The van der Waals surface area contributed by atoms with Gasteiger partial charge < -0.3 is 10.2 Å². The number of rotatable bonds is 6. The average molecular weight is 290 g/mol. The Kier molecular flexibility index (Phi) is 6.27. The third-order valence-corrected chi connectivity index (χ3v) is 3.58. The van der Waals surface area contributed by atoms with Crippen LogP contribution < -0.4 is 10.2 Å². The minimum atomic E-state index is 0.161. The van der Waals surface area contributed by atoms with Crippen molar-refractivity contribution in [1.82, 2.24) is 5.32 Å². The van der Waals surface area contributed by atoms with Crippen molar-refractivity contribution < 1.29 is 0 Å². The molecule has 120 valence electrons. The van der Waals surface area contributed by atoms with Crippen molar-refractivity contribution in [2.45, 2.75) is 73.5 Å². The second kappa shape index (κ2) is 7.31. The van der Waals surface area contributed by atoms with E-state index < -0.39 is 0 Å². The first-order chi connectivity index (χ1) is 9.60. The summed E-state index contributed by atoms with van der Waals surface area (Å²) in [5, 5.41) is 3.56. The first kappa shape index (κ1) is 18.0. The molecule has 0 heterocycles. The van der Waals surface area contributed by atoms with Crippen LogP contribution >= 0.6 is 0 Å². The summed E-state index contributed by atoms with van der Waals surface area (Å²) in [6.45, 7) is 20.0. The molecular formula is C19H34N2. The SMILES string of the molecule is Cc1cc(CNC(C)(C)C)ccc1N(CC(C)C)C(C)C. The summed E-state index contributed by atoms with van der Waals surface area (Å²) in [6, 6.07) is 7.41. The van der Waals surface area contributed by atoms with E-state index in [0.717, 1.165) is 13.1 Å². The number of nitrogens with zero attached hydrogens (tertiary/aromatic N) is 1. The summed E-state index contributed by atoms with van der Waals surface area (Å²) in [5.41, 5.74) is 4.27. The van der Waals surface area contributed by atoms with Crippen molar-refractivity contribution in [3.05, 3.63) is 29.3 Å². The zero-order chi connectivity index (χ0) is 16.2. The van der Waals surface area contributed by atoms with E-state index in [1.165, 1.54) is 16.8 Å². The van der Waals surface area contributed by atoms with Crippen molar-refractivity contribution in [1.29, 1.82) is 0 Å². The van der Waals surface area contributed by atoms with Crippen LogP contribution in [0.1, 0.15) is 59.6 Å². The van der Waals surface area contributed by atoms with Crippen molar-refractivity contribution in [2.75, 3.05) is 11.4 Å². The molecule has 1 N–H and O–H groups in total. The third kappa shape index (κ3) is 6.09. The number of benzene rings is 1. The van der Waals surface area contributed by atoms with Crippen molar-refractivity contribution in [3.8, 4) is 0 Å². The molecule has 0 saturated carbocycles. The van der Waals surface area contributed by atoms with Crippen LogP contribution in [0.25, 0.3) is 0 Å². The minimum Gasteiger partial charge on any atom is -0.369 e. The Morgan fingerprint density at radius 3 is 2.14 bits per heavy atom. The molecule has 0 fully saturated rings. The van der Waals surface area contributed by atoms with Crippen LogP contribution in [0.5, 0.6) is 0 Å². The molecule has 2 heteroatoms. The fourth-order valence-electron chi connectivity index (χ4n) is 2.50. The molecule has 0 aliphatic rings. The molecule has 0 radical (unpaired) electrons. The maximum atomic E-state index is 3.56. The van der Waals surface area contributed by atoms with E-state index in [4.69, 9.17) is 0 Å². The lowest BCUT2D eigenvalue weighted by molar-refractivity contribution is 0.424. The van der Waals surface area contributed by atoms with Crippen LogP contribution in [0.4, 0.5) is 5.69 Å². The number of aryl methyl sites for hydroxylation is 1. The summed E-state index contributed by atoms with van der Waals surface area (Å²) >= 11 is 0. The maximum Gasteiger partial charge on any atom is 0.0398 e. The molecule has 1 aromatic rings. The summed E-state index contributed by atoms with van der Waals surface area (Å²) in [7, 11) is 0. The van der Waals surface area contributed by atoms with E-state index in [1.807, 2.05) is 0 Å². The molecule has 0 aromatic heterocycles. The topological polar surface area (TPSA) is 15.3 Å². The van der Waals surface area contributed by atoms with Crippen LogP contribution in [-0.4, -0.2) is 18.1 Å². The van der Waals surface area contributed by atoms with E-state index in [-0.39, 0.29) is 5.54 Å². The van der Waals surface area contributed by atoms with Crippen molar-refractivity contribution in [2.24, 2.45) is 5.92 Å². The predicted octanol–water partition coefficient (Wildman–Crippen LogP) is 4.75. The Bertz CT molecular complexity index is 441. The number of hydrogen-bond acceptors (Lipinski definition) is 2. The molecule has 0 bridgehead atoms. The third-order valence-electron chi connectivity index (χ3n) is 3.58. The summed E-state index contributed by atoms with van der Waals surface area (Å²) in [5.74, 6) is 0.675. The first-order valence-corrected chi connectivity index (χ1v) is 8.21. The zero-order valence-corrected chi connectivity index (χ0v) is 15.2. The van der Waals surface area contributed by atoms with E-state index in [1.54, 1.807) is 0 Å². The van der Waals surface area contributed by atoms with Crippen LogP contribution in [0, 0.1) is 12.8 Å². The fraction of sp³-hybridized carbons (Fsp3) is 0.684. The lowest BCUT2D eigenvalue weighted by Crippen LogP contribution is -2.35. The highest BCUT2D eigenvalue weighted by atomic mass is 15.2. The molecule has 1 aromatic carbocycles. The standard InChI is InChI=1S/C19H34N2/c1-14(2)13-21(15(3)4)18-10-9-17(11-16(18)5)12-20-19(6,7)8/h9-11,14-15,20H,12-13H2,1-8H3. The Morgan fingerprint density at radius 1 is 1.10 bits per heavy atom. The van der Waals surface area contributed by atoms with Gasteiger partial charge in [0.1, 0.15) is 0 Å². The smallest absolute Gasteiger partial charge is 0.0398 e. The van der Waals surface area contributed by atoms with Crippen LogP contribution in [0.2, 0.25) is 0 Å². The highest BCUT2D eigenvalue weighted by molar-refractivity contribution is 5.55. The minimum absolute atomic E-state index is 0.161. The largest absolute Gasteiger partial charge is 0.369 e. The van der Waals surface area contributed by atoms with Gasteiger partial charge in [0.2, 0.25) is 0 Å². The van der Waals surface area contributed by atoms with Gasteiger partial charge in [-0.3, -0.25) is 0 Å². The molecule has 0 aliphatic heterocycles. The van der Waals surface area contributed by atoms with Gasteiger partial charge in [-0.2, -0.15) is 0 Å². The van der Waals surface area contributed by atoms with Gasteiger partial charge in [0.05, 0.1) is 0 Å². The van der Waals surface area contributed by atoms with Crippen LogP contribution in [0.15, 0.2) is 18.2 Å². The molecule has 0 unspecified atom stereocenters. The quantitative estimate of drug-likeness (QED) is 0.813. The molecule has 1 rings (SSSR count). The van der Waals surface area contributed by atoms with Gasteiger partial charge in [-0.25, -0.2) is 0 Å². The second-order valence-electron chi connectivity index (χ2n) is 7.86. The summed E-state index contributed by atoms with van der Waals surface area (Å²) in [6.07, 6.45) is 0. The van der Waals surface area contributed by atoms with Crippen LogP contribution in [-0.2, 0) is 6.54 Å². The maximum absolute atomic E-state index is 3.56. The van der Waals surface area contributed by atoms with E-state index in [9.17, 15) is 0 Å². The van der Waals surface area contributed by atoms with Gasteiger partial charge in [0.15, 0.2) is 0 Å². The number of nitrogens with one attached hydrogen (secondary N) is 1. The number of hydrogen-bond donors (Lipinski definition) is 1. The van der Waals surface area contributed by atoms with E-state index in [2.05, 4.69) is 83.8 Å². The molecule has 21 heavy (non-hydrogen) atoms. The highest BCUT2D eigenvalue weighted by Gasteiger charge is 2.15. The van der Waals surface area contributed by atoms with Crippen molar-refractivity contribution >= 4 is 5.69 Å². The van der Waals surface area contributed by atoms with E-state index in [0.29, 0.717) is 12.0 Å². The van der Waals surface area contributed by atoms with E-state index >= 15 is 0 Å². The normalized spacial score (nSPS) is 12.3. The molecule has 0 atom stereocenters. The van der Waals surface area contributed by atoms with Gasteiger partial charge in [-0.1, -0.05) is 26.0 Å². The van der Waals surface area contributed by atoms with Gasteiger partial charge in [0, 0.05) is 30.4 Å². The molecule has 0 spiro atoms. The predicted molar refractivity (Wildman–Crippen MR) is 95.1 cm³/mol. The number of anilines is 1. The second-order valence-corrected chi connectivity index (χ2v) is 7.86. The first-order valence-electron chi connectivity index (χ1n) is 8.21. The fourth-order valence-corrected chi connectivity index (χ4v) is 2.50. The van der Waals surface area contributed by atoms with Gasteiger partial charge in [0.25, 0.3) is 0 Å². The van der Waals surface area contributed by atoms with Crippen LogP contribution in [0.3, 0.4) is 0 Å².